The fraction of sp³-hybridized carbons (Fsp3) is 0.562. The van der Waals surface area contributed by atoms with E-state index in [2.05, 4.69) is 15.4 Å². The molecule has 2 aromatic heterocycles. The molecule has 23 heavy (non-hydrogen) atoms. The van der Waals surface area contributed by atoms with Gasteiger partial charge in [0.2, 0.25) is 0 Å². The first-order valence-electron chi connectivity index (χ1n) is 7.91. The quantitative estimate of drug-likeness (QED) is 0.876. The maximum absolute atomic E-state index is 12.7. The van der Waals surface area contributed by atoms with E-state index in [-0.39, 0.29) is 24.0 Å². The lowest BCUT2D eigenvalue weighted by Crippen LogP contribution is -2.41. The lowest BCUT2D eigenvalue weighted by atomic mass is 9.75. The summed E-state index contributed by atoms with van der Waals surface area (Å²) in [5.41, 5.74) is 1.83. The van der Waals surface area contributed by atoms with Gasteiger partial charge in [0.25, 0.3) is 5.91 Å². The molecule has 1 unspecified atom stereocenters. The molecule has 1 saturated carbocycles. The van der Waals surface area contributed by atoms with Crippen LogP contribution in [0.5, 0.6) is 0 Å². The molecule has 3 rings (SSSR count). The summed E-state index contributed by atoms with van der Waals surface area (Å²) in [5, 5.41) is 17.9. The highest BCUT2D eigenvalue weighted by Gasteiger charge is 2.36. The second-order valence-electron chi connectivity index (χ2n) is 6.15. The number of aryl methyl sites for hydroxylation is 3. The van der Waals surface area contributed by atoms with E-state index in [0.29, 0.717) is 17.7 Å². The number of hydrogen-bond donors (Lipinski definition) is 2. The molecule has 1 fully saturated rings. The van der Waals surface area contributed by atoms with Crippen LogP contribution in [-0.4, -0.2) is 31.9 Å². The Bertz CT molecular complexity index is 703. The van der Waals surface area contributed by atoms with Crippen LogP contribution in [0.25, 0.3) is 0 Å². The largest absolute Gasteiger partial charge is 0.393 e. The Hall–Kier alpha value is -1.73. The van der Waals surface area contributed by atoms with Gasteiger partial charge >= 0.3 is 0 Å². The van der Waals surface area contributed by atoms with E-state index in [9.17, 15) is 9.90 Å². The molecule has 0 radical (unpaired) electrons. The molecule has 2 aromatic rings. The molecule has 0 aliphatic heterocycles. The highest BCUT2D eigenvalue weighted by atomic mass is 32.1. The van der Waals surface area contributed by atoms with Gasteiger partial charge in [-0.15, -0.1) is 11.3 Å². The van der Waals surface area contributed by atoms with Crippen molar-refractivity contribution < 1.29 is 9.90 Å². The number of hydrogen-bond acceptors (Lipinski definition) is 5. The van der Waals surface area contributed by atoms with E-state index in [1.807, 2.05) is 27.1 Å². The second-order valence-corrected chi connectivity index (χ2v) is 7.35. The predicted molar refractivity (Wildman–Crippen MR) is 88.4 cm³/mol. The number of aromatic nitrogens is 3. The van der Waals surface area contributed by atoms with Crippen LogP contribution in [-0.2, 0) is 13.5 Å². The highest BCUT2D eigenvalue weighted by Crippen LogP contribution is 2.38. The zero-order chi connectivity index (χ0) is 16.6. The van der Waals surface area contributed by atoms with E-state index >= 15 is 0 Å². The molecule has 2 N–H and O–H groups in total. The van der Waals surface area contributed by atoms with Crippen molar-refractivity contribution in [2.45, 2.75) is 45.3 Å². The van der Waals surface area contributed by atoms with E-state index in [4.69, 9.17) is 0 Å². The summed E-state index contributed by atoms with van der Waals surface area (Å²) in [5.74, 6) is 0.167. The van der Waals surface area contributed by atoms with Crippen molar-refractivity contribution >= 4 is 17.2 Å². The maximum Gasteiger partial charge on any atom is 0.263 e. The molecule has 0 saturated heterocycles. The van der Waals surface area contributed by atoms with Gasteiger partial charge < -0.3 is 10.4 Å². The Kier molecular flexibility index (Phi) is 4.50. The number of nitrogens with zero attached hydrogens (tertiary/aromatic N) is 3. The molecule has 1 aliphatic carbocycles. The summed E-state index contributed by atoms with van der Waals surface area (Å²) in [7, 11) is 1.86. The van der Waals surface area contributed by atoms with Crippen molar-refractivity contribution in [3.05, 3.63) is 33.5 Å². The Morgan fingerprint density at radius 2 is 2.30 bits per heavy atom. The van der Waals surface area contributed by atoms with Gasteiger partial charge in [-0.1, -0.05) is 6.92 Å². The van der Waals surface area contributed by atoms with Crippen LogP contribution < -0.4 is 5.32 Å². The summed E-state index contributed by atoms with van der Waals surface area (Å²) >= 11 is 1.43. The molecular weight excluding hydrogens is 312 g/mol. The lowest BCUT2D eigenvalue weighted by Gasteiger charge is -2.37. The van der Waals surface area contributed by atoms with Crippen molar-refractivity contribution in [1.29, 1.82) is 0 Å². The lowest BCUT2D eigenvalue weighted by molar-refractivity contribution is 0.0235. The molecule has 0 spiro atoms. The van der Waals surface area contributed by atoms with Gasteiger partial charge in [-0.05, 0) is 32.1 Å². The Labute approximate surface area is 139 Å². The molecular formula is C16H22N4O2S. The molecule has 0 bridgehead atoms. The molecule has 6 nitrogen and oxygen atoms in total. The molecule has 2 heterocycles. The number of nitrogens with one attached hydrogen (secondary N) is 1. The zero-order valence-corrected chi connectivity index (χ0v) is 14.4. The molecule has 0 aromatic carbocycles. The number of amides is 1. The minimum absolute atomic E-state index is 0.0808. The molecule has 1 amide bonds. The standard InChI is InChI=1S/C16H22N4O2S/c1-4-13-15(23-9(2)18-13)16(22)19-14(10-5-12(21)6-10)11-7-17-20(3)8-11/h7-8,10,12,14,21H,4-6H2,1-3H3,(H,19,22). The van der Waals surface area contributed by atoms with Gasteiger partial charge in [0, 0.05) is 18.8 Å². The van der Waals surface area contributed by atoms with Crippen LogP contribution >= 0.6 is 11.3 Å². The van der Waals surface area contributed by atoms with Crippen molar-refractivity contribution in [3.8, 4) is 0 Å². The van der Waals surface area contributed by atoms with E-state index in [1.54, 1.807) is 10.9 Å². The number of carbonyl (C=O) groups is 1. The number of aliphatic hydroxyl groups is 1. The van der Waals surface area contributed by atoms with Crippen LogP contribution in [0.1, 0.15) is 51.7 Å². The van der Waals surface area contributed by atoms with E-state index < -0.39 is 0 Å². The Balaban J connectivity index is 1.81. The molecule has 7 heteroatoms. The third-order valence-electron chi connectivity index (χ3n) is 4.34. The van der Waals surface area contributed by atoms with Crippen LogP contribution in [0.3, 0.4) is 0 Å². The highest BCUT2D eigenvalue weighted by molar-refractivity contribution is 7.13. The first kappa shape index (κ1) is 16.1. The van der Waals surface area contributed by atoms with Crippen molar-refractivity contribution in [1.82, 2.24) is 20.1 Å². The van der Waals surface area contributed by atoms with Crippen LogP contribution in [0, 0.1) is 12.8 Å². The minimum atomic E-state index is -0.257. The first-order valence-corrected chi connectivity index (χ1v) is 8.73. The smallest absolute Gasteiger partial charge is 0.263 e. The molecule has 1 atom stereocenters. The van der Waals surface area contributed by atoms with Crippen LogP contribution in [0.15, 0.2) is 12.4 Å². The monoisotopic (exact) mass is 334 g/mol. The van der Waals surface area contributed by atoms with Crippen LogP contribution in [0.4, 0.5) is 0 Å². The average molecular weight is 334 g/mol. The van der Waals surface area contributed by atoms with Gasteiger partial charge in [0.05, 0.1) is 29.0 Å². The first-order chi connectivity index (χ1) is 11.0. The van der Waals surface area contributed by atoms with Gasteiger partial charge in [-0.2, -0.15) is 5.10 Å². The maximum atomic E-state index is 12.7. The number of carbonyl (C=O) groups excluding carboxylic acids is 1. The third kappa shape index (κ3) is 3.30. The van der Waals surface area contributed by atoms with Crippen molar-refractivity contribution in [2.24, 2.45) is 13.0 Å². The normalized spacial score (nSPS) is 21.7. The Morgan fingerprint density at radius 3 is 2.87 bits per heavy atom. The molecule has 124 valence electrons. The van der Waals surface area contributed by atoms with Gasteiger partial charge in [0.15, 0.2) is 0 Å². The topological polar surface area (TPSA) is 80.0 Å². The van der Waals surface area contributed by atoms with E-state index in [0.717, 1.165) is 22.7 Å². The average Bonchev–Trinajstić information content (AvgIpc) is 3.07. The van der Waals surface area contributed by atoms with E-state index in [1.165, 1.54) is 11.3 Å². The van der Waals surface area contributed by atoms with Crippen LogP contribution in [0.2, 0.25) is 0 Å². The van der Waals surface area contributed by atoms with Gasteiger partial charge in [0.1, 0.15) is 4.88 Å². The van der Waals surface area contributed by atoms with Gasteiger partial charge in [-0.25, -0.2) is 4.98 Å². The van der Waals surface area contributed by atoms with Gasteiger partial charge in [-0.3, -0.25) is 9.48 Å². The fourth-order valence-corrected chi connectivity index (χ4v) is 3.98. The Morgan fingerprint density at radius 1 is 1.57 bits per heavy atom. The summed E-state index contributed by atoms with van der Waals surface area (Å²) in [4.78, 5) is 17.8. The number of aliphatic hydroxyl groups excluding tert-OH is 1. The van der Waals surface area contributed by atoms with Crippen molar-refractivity contribution in [2.75, 3.05) is 0 Å². The summed E-state index contributed by atoms with van der Waals surface area (Å²) in [6.45, 7) is 3.92. The third-order valence-corrected chi connectivity index (χ3v) is 5.35. The minimum Gasteiger partial charge on any atom is -0.393 e. The number of rotatable bonds is 5. The summed E-state index contributed by atoms with van der Waals surface area (Å²) in [6, 6.07) is -0.119. The summed E-state index contributed by atoms with van der Waals surface area (Å²) < 4.78 is 1.73. The predicted octanol–water partition coefficient (Wildman–Crippen LogP) is 1.99. The summed E-state index contributed by atoms with van der Waals surface area (Å²) in [6.07, 6.45) is 5.62. The zero-order valence-electron chi connectivity index (χ0n) is 13.6. The SMILES string of the molecule is CCc1nc(C)sc1C(=O)NC(c1cnn(C)c1)C1CC(O)C1. The van der Waals surface area contributed by atoms with Crippen molar-refractivity contribution in [3.63, 3.8) is 0 Å². The number of thiazole rings is 1. The second kappa shape index (κ2) is 6.41. The molecule has 1 aliphatic rings. The fourth-order valence-electron chi connectivity index (χ4n) is 3.07.